The van der Waals surface area contributed by atoms with E-state index in [2.05, 4.69) is 32.1 Å². The zero-order chi connectivity index (χ0) is 21.5. The Bertz CT molecular complexity index is 929. The molecule has 2 aromatic carbocycles. The number of ether oxygens (including phenoxy) is 2. The molecular weight excluding hydrogens is 454 g/mol. The molecule has 1 aliphatic rings. The van der Waals surface area contributed by atoms with Crippen LogP contribution in [0.4, 0.5) is 5.69 Å². The fraction of sp³-hybridized carbons (Fsp3) is 0.286. The number of rotatable bonds is 8. The molecule has 3 N–H and O–H groups in total. The molecule has 9 heteroatoms. The van der Waals surface area contributed by atoms with Crippen molar-refractivity contribution >= 4 is 39.3 Å². The van der Waals surface area contributed by atoms with Gasteiger partial charge in [0.25, 0.3) is 11.8 Å². The first-order chi connectivity index (χ1) is 14.5. The van der Waals surface area contributed by atoms with Gasteiger partial charge >= 0.3 is 0 Å². The Labute approximate surface area is 182 Å². The van der Waals surface area contributed by atoms with Gasteiger partial charge in [0.05, 0.1) is 11.1 Å². The van der Waals surface area contributed by atoms with Crippen LogP contribution in [0.15, 0.2) is 46.9 Å². The Balaban J connectivity index is 1.50. The van der Waals surface area contributed by atoms with Gasteiger partial charge in [-0.1, -0.05) is 0 Å². The summed E-state index contributed by atoms with van der Waals surface area (Å²) in [7, 11) is 1.58. The maximum atomic E-state index is 12.3. The minimum Gasteiger partial charge on any atom is -0.490 e. The predicted octanol–water partition coefficient (Wildman–Crippen LogP) is 2.90. The van der Waals surface area contributed by atoms with Gasteiger partial charge < -0.3 is 14.8 Å². The summed E-state index contributed by atoms with van der Waals surface area (Å²) in [5.74, 6) is -0.251. The van der Waals surface area contributed by atoms with Crippen molar-refractivity contribution in [3.05, 3.63) is 58.1 Å². The van der Waals surface area contributed by atoms with Crippen LogP contribution < -0.4 is 20.9 Å². The zero-order valence-corrected chi connectivity index (χ0v) is 18.0. The van der Waals surface area contributed by atoms with Gasteiger partial charge in [0.15, 0.2) is 0 Å². The second-order valence-corrected chi connectivity index (χ2v) is 7.59. The van der Waals surface area contributed by atoms with Gasteiger partial charge in [0, 0.05) is 29.8 Å². The summed E-state index contributed by atoms with van der Waals surface area (Å²) in [6, 6.07) is 11.3. The maximum Gasteiger partial charge on any atom is 0.269 e. The maximum absolute atomic E-state index is 12.3. The van der Waals surface area contributed by atoms with Crippen molar-refractivity contribution in [3.63, 3.8) is 0 Å². The highest BCUT2D eigenvalue weighted by Crippen LogP contribution is 2.30. The smallest absolute Gasteiger partial charge is 0.269 e. The number of carbonyl (C=O) groups is 3. The molecule has 1 saturated carbocycles. The predicted molar refractivity (Wildman–Crippen MR) is 114 cm³/mol. The quantitative estimate of drug-likeness (QED) is 0.402. The van der Waals surface area contributed by atoms with E-state index in [-0.39, 0.29) is 11.8 Å². The molecule has 1 aliphatic carbocycles. The molecule has 0 saturated heterocycles. The number of benzene rings is 2. The average Bonchev–Trinajstić information content (AvgIpc) is 3.59. The number of nitrogens with one attached hydrogen (secondary N) is 3. The molecule has 0 unspecified atom stereocenters. The van der Waals surface area contributed by atoms with E-state index in [1.54, 1.807) is 49.6 Å². The minimum absolute atomic E-state index is 0.000686. The van der Waals surface area contributed by atoms with Crippen LogP contribution in [0.5, 0.6) is 5.75 Å². The van der Waals surface area contributed by atoms with Gasteiger partial charge in [-0.2, -0.15) is 0 Å². The van der Waals surface area contributed by atoms with Crippen molar-refractivity contribution in [2.75, 3.05) is 25.6 Å². The molecule has 158 valence electrons. The first kappa shape index (κ1) is 21.8. The van der Waals surface area contributed by atoms with Crippen LogP contribution in [0.2, 0.25) is 0 Å². The van der Waals surface area contributed by atoms with E-state index in [9.17, 15) is 14.4 Å². The molecule has 8 nitrogen and oxygen atoms in total. The molecule has 3 amide bonds. The molecule has 0 spiro atoms. The molecule has 0 radical (unpaired) electrons. The molecule has 0 bridgehead atoms. The van der Waals surface area contributed by atoms with Crippen LogP contribution >= 0.6 is 15.9 Å². The molecule has 2 aromatic rings. The molecule has 0 heterocycles. The summed E-state index contributed by atoms with van der Waals surface area (Å²) in [6.45, 7) is 0.842. The van der Waals surface area contributed by atoms with Crippen LogP contribution in [0, 0.1) is 5.92 Å². The lowest BCUT2D eigenvalue weighted by Crippen LogP contribution is -2.41. The number of amides is 3. The van der Waals surface area contributed by atoms with E-state index in [1.807, 2.05) is 0 Å². The summed E-state index contributed by atoms with van der Waals surface area (Å²) in [4.78, 5) is 36.3. The third-order valence-corrected chi connectivity index (χ3v) is 5.01. The van der Waals surface area contributed by atoms with Crippen LogP contribution in [-0.4, -0.2) is 38.0 Å². The number of hydrogen-bond acceptors (Lipinski definition) is 5. The summed E-state index contributed by atoms with van der Waals surface area (Å²) < 4.78 is 11.1. The number of hydrogen-bond donors (Lipinski definition) is 3. The molecule has 3 rings (SSSR count). The van der Waals surface area contributed by atoms with E-state index in [0.29, 0.717) is 40.3 Å². The monoisotopic (exact) mass is 475 g/mol. The lowest BCUT2D eigenvalue weighted by molar-refractivity contribution is -0.117. The largest absolute Gasteiger partial charge is 0.490 e. The molecule has 0 aromatic heterocycles. The molecule has 0 aliphatic heterocycles. The Morgan fingerprint density at radius 1 is 0.967 bits per heavy atom. The van der Waals surface area contributed by atoms with Gasteiger partial charge in [0.1, 0.15) is 12.4 Å². The zero-order valence-electron chi connectivity index (χ0n) is 16.4. The third-order valence-electron chi connectivity index (χ3n) is 4.39. The van der Waals surface area contributed by atoms with Crippen molar-refractivity contribution in [2.24, 2.45) is 5.92 Å². The SMILES string of the molecule is COCCOc1ccc(C(=O)NNC(=O)c2ccc(NC(=O)C3CC3)cc2)cc1Br. The highest BCUT2D eigenvalue weighted by Gasteiger charge is 2.29. The van der Waals surface area contributed by atoms with Crippen LogP contribution in [0.25, 0.3) is 0 Å². The number of carbonyl (C=O) groups excluding carboxylic acids is 3. The molecule has 1 fully saturated rings. The lowest BCUT2D eigenvalue weighted by atomic mass is 10.2. The van der Waals surface area contributed by atoms with E-state index in [0.717, 1.165) is 12.8 Å². The van der Waals surface area contributed by atoms with E-state index < -0.39 is 11.8 Å². The second-order valence-electron chi connectivity index (χ2n) is 6.74. The van der Waals surface area contributed by atoms with Gasteiger partial charge in [-0.3, -0.25) is 25.2 Å². The summed E-state index contributed by atoms with van der Waals surface area (Å²) in [5, 5.41) is 2.81. The summed E-state index contributed by atoms with van der Waals surface area (Å²) >= 11 is 3.36. The third kappa shape index (κ3) is 6.04. The van der Waals surface area contributed by atoms with Gasteiger partial charge in [-0.15, -0.1) is 0 Å². The van der Waals surface area contributed by atoms with Gasteiger partial charge in [-0.05, 0) is 71.2 Å². The number of hydrazine groups is 1. The summed E-state index contributed by atoms with van der Waals surface area (Å²) in [5.41, 5.74) is 6.08. The van der Waals surface area contributed by atoms with Crippen molar-refractivity contribution in [1.82, 2.24) is 10.9 Å². The standard InChI is InChI=1S/C21H22BrN3O5/c1-29-10-11-30-18-9-6-15(12-17(18)22)21(28)25-24-20(27)14-4-7-16(8-5-14)23-19(26)13-2-3-13/h4-9,12-13H,2-3,10-11H2,1H3,(H,23,26)(H,24,27)(H,25,28). The van der Waals surface area contributed by atoms with Crippen molar-refractivity contribution in [1.29, 1.82) is 0 Å². The molecule has 30 heavy (non-hydrogen) atoms. The molecular formula is C21H22BrN3O5. The Morgan fingerprint density at radius 3 is 2.20 bits per heavy atom. The van der Waals surface area contributed by atoms with E-state index in [4.69, 9.17) is 9.47 Å². The lowest BCUT2D eigenvalue weighted by Gasteiger charge is -2.11. The van der Waals surface area contributed by atoms with E-state index in [1.165, 1.54) is 0 Å². The second kappa shape index (κ2) is 10.2. The average molecular weight is 476 g/mol. The Kier molecular flexibility index (Phi) is 7.42. The number of methoxy groups -OCH3 is 1. The van der Waals surface area contributed by atoms with Gasteiger partial charge in [-0.25, -0.2) is 0 Å². The Hall–Kier alpha value is -2.91. The normalized spacial score (nSPS) is 12.7. The fourth-order valence-electron chi connectivity index (χ4n) is 2.55. The van der Waals surface area contributed by atoms with Crippen LogP contribution in [-0.2, 0) is 9.53 Å². The van der Waals surface area contributed by atoms with Crippen LogP contribution in [0.3, 0.4) is 0 Å². The Morgan fingerprint density at radius 2 is 1.60 bits per heavy atom. The van der Waals surface area contributed by atoms with Crippen molar-refractivity contribution in [3.8, 4) is 5.75 Å². The first-order valence-electron chi connectivity index (χ1n) is 9.41. The van der Waals surface area contributed by atoms with E-state index >= 15 is 0 Å². The first-order valence-corrected chi connectivity index (χ1v) is 10.2. The number of halogens is 1. The number of anilines is 1. The summed E-state index contributed by atoms with van der Waals surface area (Å²) in [6.07, 6.45) is 1.85. The highest BCUT2D eigenvalue weighted by molar-refractivity contribution is 9.10. The van der Waals surface area contributed by atoms with Crippen LogP contribution in [0.1, 0.15) is 33.6 Å². The van der Waals surface area contributed by atoms with Gasteiger partial charge in [0.2, 0.25) is 5.91 Å². The topological polar surface area (TPSA) is 106 Å². The highest BCUT2D eigenvalue weighted by atomic mass is 79.9. The fourth-order valence-corrected chi connectivity index (χ4v) is 3.04. The minimum atomic E-state index is -0.471. The van der Waals surface area contributed by atoms with Crippen molar-refractivity contribution < 1.29 is 23.9 Å². The molecule has 0 atom stereocenters. The van der Waals surface area contributed by atoms with Crippen molar-refractivity contribution in [2.45, 2.75) is 12.8 Å².